The molecule has 2 aliphatic heterocycles. The van der Waals surface area contributed by atoms with E-state index in [0.717, 1.165) is 49.3 Å². The van der Waals surface area contributed by atoms with Gasteiger partial charge in [-0.05, 0) is 36.1 Å². The molecular formula is C23H28N4O2. The van der Waals surface area contributed by atoms with Gasteiger partial charge in [0, 0.05) is 50.9 Å². The number of hydrogen-bond donors (Lipinski definition) is 2. The second-order valence-electron chi connectivity index (χ2n) is 7.73. The molecule has 0 saturated carbocycles. The summed E-state index contributed by atoms with van der Waals surface area (Å²) in [5, 5.41) is 5.99. The minimum absolute atomic E-state index is 0.0485. The van der Waals surface area contributed by atoms with Gasteiger partial charge in [-0.1, -0.05) is 42.5 Å². The summed E-state index contributed by atoms with van der Waals surface area (Å²) in [6.45, 7) is 3.89. The molecule has 2 heterocycles. The molecule has 0 radical (unpaired) electrons. The minimum atomic E-state index is -0.0485. The first kappa shape index (κ1) is 19.5. The predicted molar refractivity (Wildman–Crippen MR) is 115 cm³/mol. The van der Waals surface area contributed by atoms with E-state index in [4.69, 9.17) is 0 Å². The van der Waals surface area contributed by atoms with Crippen LogP contribution in [-0.4, -0.2) is 60.5 Å². The van der Waals surface area contributed by atoms with E-state index in [0.29, 0.717) is 25.6 Å². The van der Waals surface area contributed by atoms with Crippen molar-refractivity contribution in [3.05, 3.63) is 54.6 Å². The monoisotopic (exact) mass is 392 g/mol. The Morgan fingerprint density at radius 3 is 2.48 bits per heavy atom. The summed E-state index contributed by atoms with van der Waals surface area (Å²) in [4.78, 5) is 28.6. The quantitative estimate of drug-likeness (QED) is 0.843. The first-order valence-electron chi connectivity index (χ1n) is 10.4. The number of benzene rings is 2. The summed E-state index contributed by atoms with van der Waals surface area (Å²) in [7, 11) is 0. The number of urea groups is 1. The lowest BCUT2D eigenvalue weighted by atomic mass is 10.1. The number of hydrogen-bond acceptors (Lipinski definition) is 3. The fraction of sp³-hybridized carbons (Fsp3) is 0.391. The molecule has 1 unspecified atom stereocenters. The molecule has 29 heavy (non-hydrogen) atoms. The Bertz CT molecular complexity index is 847. The molecule has 6 heteroatoms. The fourth-order valence-electron chi connectivity index (χ4n) is 4.17. The minimum Gasteiger partial charge on any atom is -0.356 e. The van der Waals surface area contributed by atoms with Gasteiger partial charge in [-0.15, -0.1) is 0 Å². The van der Waals surface area contributed by atoms with Crippen molar-refractivity contribution in [3.8, 4) is 11.1 Å². The molecule has 2 fully saturated rings. The van der Waals surface area contributed by atoms with Crippen molar-refractivity contribution in [3.63, 3.8) is 0 Å². The number of amides is 3. The average molecular weight is 393 g/mol. The van der Waals surface area contributed by atoms with E-state index < -0.39 is 0 Å². The molecular weight excluding hydrogens is 364 g/mol. The lowest BCUT2D eigenvalue weighted by molar-refractivity contribution is -0.120. The lowest BCUT2D eigenvalue weighted by Gasteiger charge is -2.38. The third kappa shape index (κ3) is 4.95. The van der Waals surface area contributed by atoms with Crippen LogP contribution in [0.3, 0.4) is 0 Å². The van der Waals surface area contributed by atoms with E-state index in [1.54, 1.807) is 0 Å². The lowest BCUT2D eigenvalue weighted by Crippen LogP contribution is -2.53. The molecule has 3 amide bonds. The maximum absolute atomic E-state index is 12.7. The first-order chi connectivity index (χ1) is 14.2. The Morgan fingerprint density at radius 2 is 1.69 bits per heavy atom. The average Bonchev–Trinajstić information content (AvgIpc) is 2.99. The predicted octanol–water partition coefficient (Wildman–Crippen LogP) is 3.17. The van der Waals surface area contributed by atoms with Gasteiger partial charge >= 0.3 is 6.03 Å². The zero-order valence-corrected chi connectivity index (χ0v) is 16.6. The van der Waals surface area contributed by atoms with Gasteiger partial charge in [-0.2, -0.15) is 0 Å². The van der Waals surface area contributed by atoms with Crippen molar-refractivity contribution >= 4 is 17.6 Å². The molecule has 0 aliphatic carbocycles. The van der Waals surface area contributed by atoms with Crippen LogP contribution in [0.25, 0.3) is 11.1 Å². The van der Waals surface area contributed by atoms with Crippen LogP contribution in [0.2, 0.25) is 0 Å². The number of carbonyl (C=O) groups excluding carboxylic acids is 2. The molecule has 2 aromatic rings. The van der Waals surface area contributed by atoms with Crippen molar-refractivity contribution < 1.29 is 9.59 Å². The van der Waals surface area contributed by atoms with Crippen LogP contribution in [0.1, 0.15) is 19.3 Å². The number of carbonyl (C=O) groups is 2. The molecule has 0 aromatic heterocycles. The van der Waals surface area contributed by atoms with Crippen LogP contribution in [0.15, 0.2) is 54.6 Å². The molecule has 4 rings (SSSR count). The van der Waals surface area contributed by atoms with E-state index in [1.165, 1.54) is 0 Å². The largest absolute Gasteiger partial charge is 0.356 e. The highest BCUT2D eigenvalue weighted by molar-refractivity contribution is 5.90. The number of anilines is 1. The Labute approximate surface area is 171 Å². The SMILES string of the molecule is O=C1CCC(N2CCN(C(=O)Nc3cccc(-c4ccccc4)c3)CC2)CCN1. The van der Waals surface area contributed by atoms with Gasteiger partial charge < -0.3 is 15.5 Å². The van der Waals surface area contributed by atoms with Crippen LogP contribution < -0.4 is 10.6 Å². The smallest absolute Gasteiger partial charge is 0.321 e. The van der Waals surface area contributed by atoms with Crippen LogP contribution in [-0.2, 0) is 4.79 Å². The summed E-state index contributed by atoms with van der Waals surface area (Å²) in [6, 6.07) is 18.5. The fourth-order valence-corrected chi connectivity index (χ4v) is 4.17. The van der Waals surface area contributed by atoms with E-state index >= 15 is 0 Å². The standard InChI is InChI=1S/C23H28N4O2/c28-22-10-9-21(11-12-24-22)26-13-15-27(16-14-26)23(29)25-20-8-4-7-19(17-20)18-5-2-1-3-6-18/h1-8,17,21H,9-16H2,(H,24,28)(H,25,29). The summed E-state index contributed by atoms with van der Waals surface area (Å²) < 4.78 is 0. The Balaban J connectivity index is 1.32. The number of piperazine rings is 1. The molecule has 2 N–H and O–H groups in total. The molecule has 2 aliphatic rings. The van der Waals surface area contributed by atoms with Crippen LogP contribution >= 0.6 is 0 Å². The van der Waals surface area contributed by atoms with Crippen molar-refractivity contribution in [2.24, 2.45) is 0 Å². The van der Waals surface area contributed by atoms with Gasteiger partial charge in [0.05, 0.1) is 0 Å². The second-order valence-corrected chi connectivity index (χ2v) is 7.73. The molecule has 0 bridgehead atoms. The third-order valence-electron chi connectivity index (χ3n) is 5.84. The molecule has 0 spiro atoms. The van der Waals surface area contributed by atoms with Crippen LogP contribution in [0.5, 0.6) is 0 Å². The molecule has 1 atom stereocenters. The number of rotatable bonds is 3. The number of nitrogens with zero attached hydrogens (tertiary/aromatic N) is 2. The first-order valence-corrected chi connectivity index (χ1v) is 10.4. The number of nitrogens with one attached hydrogen (secondary N) is 2. The summed E-state index contributed by atoms with van der Waals surface area (Å²) >= 11 is 0. The van der Waals surface area contributed by atoms with Gasteiger partial charge in [0.25, 0.3) is 0 Å². The van der Waals surface area contributed by atoms with Gasteiger partial charge in [0.2, 0.25) is 5.91 Å². The van der Waals surface area contributed by atoms with Crippen LogP contribution in [0.4, 0.5) is 10.5 Å². The zero-order chi connectivity index (χ0) is 20.1. The van der Waals surface area contributed by atoms with Crippen molar-refractivity contribution in [2.45, 2.75) is 25.3 Å². The topological polar surface area (TPSA) is 64.7 Å². The Kier molecular flexibility index (Phi) is 6.10. The zero-order valence-electron chi connectivity index (χ0n) is 16.6. The van der Waals surface area contributed by atoms with Gasteiger partial charge in [-0.25, -0.2) is 4.79 Å². The second kappa shape index (κ2) is 9.09. The molecule has 2 saturated heterocycles. The Morgan fingerprint density at radius 1 is 0.931 bits per heavy atom. The summed E-state index contributed by atoms with van der Waals surface area (Å²) in [5.41, 5.74) is 3.03. The third-order valence-corrected chi connectivity index (χ3v) is 5.84. The van der Waals surface area contributed by atoms with Gasteiger partial charge in [0.1, 0.15) is 0 Å². The van der Waals surface area contributed by atoms with E-state index in [1.807, 2.05) is 41.3 Å². The maximum Gasteiger partial charge on any atom is 0.321 e. The summed E-state index contributed by atoms with van der Waals surface area (Å²) in [6.07, 6.45) is 2.50. The van der Waals surface area contributed by atoms with Gasteiger partial charge in [0.15, 0.2) is 0 Å². The highest BCUT2D eigenvalue weighted by Gasteiger charge is 2.27. The van der Waals surface area contributed by atoms with Crippen molar-refractivity contribution in [1.29, 1.82) is 0 Å². The van der Waals surface area contributed by atoms with E-state index in [-0.39, 0.29) is 11.9 Å². The molecule has 6 nitrogen and oxygen atoms in total. The normalized spacial score (nSPS) is 20.6. The Hall–Kier alpha value is -2.86. The molecule has 2 aromatic carbocycles. The maximum atomic E-state index is 12.7. The van der Waals surface area contributed by atoms with E-state index in [9.17, 15) is 9.59 Å². The molecule has 152 valence electrons. The summed E-state index contributed by atoms with van der Waals surface area (Å²) in [5.74, 6) is 0.156. The van der Waals surface area contributed by atoms with Crippen molar-refractivity contribution in [1.82, 2.24) is 15.1 Å². The van der Waals surface area contributed by atoms with E-state index in [2.05, 4.69) is 33.7 Å². The highest BCUT2D eigenvalue weighted by Crippen LogP contribution is 2.23. The van der Waals surface area contributed by atoms with Crippen molar-refractivity contribution in [2.75, 3.05) is 38.0 Å². The highest BCUT2D eigenvalue weighted by atomic mass is 16.2. The van der Waals surface area contributed by atoms with Crippen LogP contribution in [0, 0.1) is 0 Å². The van der Waals surface area contributed by atoms with Gasteiger partial charge in [-0.3, -0.25) is 9.69 Å².